The van der Waals surface area contributed by atoms with E-state index in [1.54, 1.807) is 0 Å². The van der Waals surface area contributed by atoms with Gasteiger partial charge in [-0.2, -0.15) is 0 Å². The van der Waals surface area contributed by atoms with Crippen molar-refractivity contribution in [3.8, 4) is 5.75 Å². The van der Waals surface area contributed by atoms with Crippen LogP contribution in [0, 0.1) is 0 Å². The number of nitrogens with two attached hydrogens (primary N) is 1. The molecular weight excluding hydrogens is 226 g/mol. The van der Waals surface area contributed by atoms with E-state index in [-0.39, 0.29) is 17.7 Å². The second-order valence-corrected chi connectivity index (χ2v) is 5.69. The maximum atomic E-state index is 5.94. The predicted octanol–water partition coefficient (Wildman–Crippen LogP) is 2.21. The van der Waals surface area contributed by atoms with E-state index in [2.05, 4.69) is 31.1 Å². The fourth-order valence-electron chi connectivity index (χ4n) is 2.09. The molecular formula is C14H21N3O. The van der Waals surface area contributed by atoms with Gasteiger partial charge in [0.1, 0.15) is 17.9 Å². The summed E-state index contributed by atoms with van der Waals surface area (Å²) in [7, 11) is 0. The standard InChI is InChI=1S/C14H21N3O/c1-9-12(16-13(15)17-14(2,3)4)10-7-5-6-8-11(10)18-9/h5-9,12H,1-4H3,(H3,15,16,17). The third kappa shape index (κ3) is 2.75. The van der Waals surface area contributed by atoms with Crippen LogP contribution in [0.4, 0.5) is 0 Å². The van der Waals surface area contributed by atoms with Crippen molar-refractivity contribution in [1.29, 1.82) is 0 Å². The molecule has 1 aliphatic heterocycles. The quantitative estimate of drug-likeness (QED) is 0.591. The lowest BCUT2D eigenvalue weighted by Crippen LogP contribution is -2.45. The fourth-order valence-corrected chi connectivity index (χ4v) is 2.09. The summed E-state index contributed by atoms with van der Waals surface area (Å²) < 4.78 is 5.76. The lowest BCUT2D eigenvalue weighted by Gasteiger charge is -2.22. The van der Waals surface area contributed by atoms with Crippen LogP contribution < -0.4 is 15.8 Å². The van der Waals surface area contributed by atoms with Crippen LogP contribution in [0.2, 0.25) is 0 Å². The van der Waals surface area contributed by atoms with E-state index in [4.69, 9.17) is 10.5 Å². The minimum absolute atomic E-state index is 0.0164. The molecule has 3 N–H and O–H groups in total. The lowest BCUT2D eigenvalue weighted by atomic mass is 10.1. The Morgan fingerprint density at radius 2 is 2.00 bits per heavy atom. The van der Waals surface area contributed by atoms with Crippen LogP contribution in [0.15, 0.2) is 29.3 Å². The summed E-state index contributed by atoms with van der Waals surface area (Å²) in [5.41, 5.74) is 6.96. The van der Waals surface area contributed by atoms with Crippen molar-refractivity contribution in [3.05, 3.63) is 29.8 Å². The zero-order valence-electron chi connectivity index (χ0n) is 11.4. The number of nitrogens with zero attached hydrogens (tertiary/aromatic N) is 1. The van der Waals surface area contributed by atoms with Gasteiger partial charge < -0.3 is 15.8 Å². The van der Waals surface area contributed by atoms with E-state index >= 15 is 0 Å². The summed E-state index contributed by atoms with van der Waals surface area (Å²) >= 11 is 0. The number of hydrogen-bond acceptors (Lipinski definition) is 2. The summed E-state index contributed by atoms with van der Waals surface area (Å²) in [6, 6.07) is 7.94. The fraction of sp³-hybridized carbons (Fsp3) is 0.500. The Bertz CT molecular complexity index is 462. The number of benzene rings is 1. The Morgan fingerprint density at radius 1 is 1.33 bits per heavy atom. The topological polar surface area (TPSA) is 59.6 Å². The van der Waals surface area contributed by atoms with Gasteiger partial charge in [0.05, 0.1) is 0 Å². The summed E-state index contributed by atoms with van der Waals surface area (Å²) in [5, 5.41) is 3.17. The van der Waals surface area contributed by atoms with Gasteiger partial charge in [-0.15, -0.1) is 0 Å². The summed E-state index contributed by atoms with van der Waals surface area (Å²) in [5.74, 6) is 1.36. The van der Waals surface area contributed by atoms with E-state index in [9.17, 15) is 0 Å². The van der Waals surface area contributed by atoms with Crippen LogP contribution in [0.3, 0.4) is 0 Å². The average Bonchev–Trinajstić information content (AvgIpc) is 2.53. The molecule has 0 bridgehead atoms. The molecule has 4 nitrogen and oxygen atoms in total. The van der Waals surface area contributed by atoms with Crippen LogP contribution >= 0.6 is 0 Å². The molecule has 0 fully saturated rings. The van der Waals surface area contributed by atoms with Crippen LogP contribution in [-0.2, 0) is 0 Å². The van der Waals surface area contributed by atoms with Gasteiger partial charge in [-0.25, -0.2) is 4.99 Å². The smallest absolute Gasteiger partial charge is 0.189 e. The summed E-state index contributed by atoms with van der Waals surface area (Å²) in [6.07, 6.45) is 0.0164. The number of rotatable bonds is 1. The van der Waals surface area contributed by atoms with Crippen molar-refractivity contribution < 1.29 is 4.74 Å². The Balaban J connectivity index is 2.22. The number of guanidine groups is 1. The summed E-state index contributed by atoms with van der Waals surface area (Å²) in [6.45, 7) is 8.17. The molecule has 2 unspecified atom stereocenters. The Hall–Kier alpha value is -1.71. The van der Waals surface area contributed by atoms with Gasteiger partial charge in [0, 0.05) is 11.1 Å². The number of ether oxygens (including phenoxy) is 1. The second-order valence-electron chi connectivity index (χ2n) is 5.69. The molecule has 0 amide bonds. The molecule has 1 aromatic carbocycles. The van der Waals surface area contributed by atoms with Gasteiger partial charge >= 0.3 is 0 Å². The zero-order chi connectivity index (χ0) is 13.3. The Kier molecular flexibility index (Phi) is 3.20. The van der Waals surface area contributed by atoms with Crippen LogP contribution in [0.25, 0.3) is 0 Å². The minimum atomic E-state index is -0.0875. The molecule has 98 valence electrons. The molecule has 0 radical (unpaired) electrons. The zero-order valence-corrected chi connectivity index (χ0v) is 11.4. The van der Waals surface area contributed by atoms with Crippen LogP contribution in [0.1, 0.15) is 39.3 Å². The first-order valence-corrected chi connectivity index (χ1v) is 6.24. The van der Waals surface area contributed by atoms with Gasteiger partial charge in [0.15, 0.2) is 5.96 Å². The number of para-hydroxylation sites is 1. The first-order valence-electron chi connectivity index (χ1n) is 6.24. The molecule has 0 spiro atoms. The monoisotopic (exact) mass is 247 g/mol. The summed E-state index contributed by atoms with van der Waals surface area (Å²) in [4.78, 5) is 4.54. The van der Waals surface area contributed by atoms with E-state index in [1.807, 2.05) is 31.2 Å². The maximum Gasteiger partial charge on any atom is 0.189 e. The average molecular weight is 247 g/mol. The van der Waals surface area contributed by atoms with Gasteiger partial charge in [-0.05, 0) is 33.8 Å². The first kappa shape index (κ1) is 12.7. The first-order chi connectivity index (χ1) is 8.37. The number of hydrogen-bond donors (Lipinski definition) is 2. The highest BCUT2D eigenvalue weighted by atomic mass is 16.5. The molecule has 0 aromatic heterocycles. The van der Waals surface area contributed by atoms with Gasteiger partial charge in [-0.3, -0.25) is 0 Å². The van der Waals surface area contributed by atoms with Crippen molar-refractivity contribution in [2.24, 2.45) is 10.7 Å². The van der Waals surface area contributed by atoms with Gasteiger partial charge in [0.25, 0.3) is 0 Å². The maximum absolute atomic E-state index is 5.94. The molecule has 2 atom stereocenters. The lowest BCUT2D eigenvalue weighted by molar-refractivity contribution is 0.228. The van der Waals surface area contributed by atoms with Crippen molar-refractivity contribution in [2.45, 2.75) is 45.4 Å². The molecule has 0 aliphatic carbocycles. The molecule has 0 saturated heterocycles. The second kappa shape index (κ2) is 4.52. The van der Waals surface area contributed by atoms with Crippen molar-refractivity contribution in [2.75, 3.05) is 0 Å². The highest BCUT2D eigenvalue weighted by molar-refractivity contribution is 5.79. The van der Waals surface area contributed by atoms with E-state index in [0.717, 1.165) is 11.3 Å². The minimum Gasteiger partial charge on any atom is -0.488 e. The SMILES string of the molecule is CC1Oc2ccccc2C1N=C(N)NC(C)(C)C. The molecule has 0 saturated carbocycles. The third-order valence-corrected chi connectivity index (χ3v) is 2.78. The highest BCUT2D eigenvalue weighted by Crippen LogP contribution is 2.38. The molecule has 1 aliphatic rings. The number of nitrogens with one attached hydrogen (secondary N) is 1. The number of aliphatic imine (C=N–C) groups is 1. The Morgan fingerprint density at radius 3 is 2.67 bits per heavy atom. The molecule has 1 aromatic rings. The van der Waals surface area contributed by atoms with E-state index < -0.39 is 0 Å². The third-order valence-electron chi connectivity index (χ3n) is 2.78. The molecule has 18 heavy (non-hydrogen) atoms. The van der Waals surface area contributed by atoms with Crippen LogP contribution in [0.5, 0.6) is 5.75 Å². The number of fused-ring (bicyclic) bond motifs is 1. The van der Waals surface area contributed by atoms with Crippen molar-refractivity contribution in [3.63, 3.8) is 0 Å². The van der Waals surface area contributed by atoms with E-state index in [0.29, 0.717) is 5.96 Å². The van der Waals surface area contributed by atoms with Crippen LogP contribution in [-0.4, -0.2) is 17.6 Å². The largest absolute Gasteiger partial charge is 0.488 e. The van der Waals surface area contributed by atoms with E-state index in [1.165, 1.54) is 0 Å². The molecule has 4 heteroatoms. The predicted molar refractivity (Wildman–Crippen MR) is 73.8 cm³/mol. The van der Waals surface area contributed by atoms with Crippen molar-refractivity contribution in [1.82, 2.24) is 5.32 Å². The van der Waals surface area contributed by atoms with Gasteiger partial charge in [0.2, 0.25) is 0 Å². The normalized spacial score (nSPS) is 23.4. The van der Waals surface area contributed by atoms with Crippen molar-refractivity contribution >= 4 is 5.96 Å². The van der Waals surface area contributed by atoms with Gasteiger partial charge in [-0.1, -0.05) is 18.2 Å². The highest BCUT2D eigenvalue weighted by Gasteiger charge is 2.30. The molecule has 2 rings (SSSR count). The molecule has 1 heterocycles. The Labute approximate surface area is 108 Å².